The predicted molar refractivity (Wildman–Crippen MR) is 85.9 cm³/mol. The highest BCUT2D eigenvalue weighted by molar-refractivity contribution is 5.80. The molecule has 2 fully saturated rings. The minimum Gasteiger partial charge on any atom is -0.365 e. The van der Waals surface area contributed by atoms with Crippen LogP contribution < -0.4 is 5.32 Å². The highest BCUT2D eigenvalue weighted by Crippen LogP contribution is 2.29. The molecule has 1 aromatic rings. The van der Waals surface area contributed by atoms with E-state index in [-0.39, 0.29) is 30.4 Å². The van der Waals surface area contributed by atoms with Gasteiger partial charge in [-0.05, 0) is 25.8 Å². The highest BCUT2D eigenvalue weighted by atomic mass is 16.7. The average Bonchev–Trinajstić information content (AvgIpc) is 2.86. The lowest BCUT2D eigenvalue weighted by atomic mass is 10.1. The summed E-state index contributed by atoms with van der Waals surface area (Å²) in [5.74, 6) is -0.0619. The number of hydrogen-bond donors (Lipinski definition) is 1. The molecule has 0 aromatic heterocycles. The standard InChI is InChI=1S/C18H25NO4/c1-12(8-14-6-4-3-5-7-14)19-18(20)13(2)22-15-9-16-11-21-17(10-15)23-16/h3-7,12-13,15-17H,8-11H2,1-2H3,(H,19,20)/t12?,13?,15?,16?,17-/m1/s1. The first kappa shape index (κ1) is 16.4. The van der Waals surface area contributed by atoms with Crippen LogP contribution in [0.2, 0.25) is 0 Å². The van der Waals surface area contributed by atoms with Crippen molar-refractivity contribution in [2.24, 2.45) is 0 Å². The minimum atomic E-state index is -0.462. The van der Waals surface area contributed by atoms with Crippen LogP contribution in [0.25, 0.3) is 0 Å². The zero-order valence-electron chi connectivity index (χ0n) is 13.7. The van der Waals surface area contributed by atoms with Gasteiger partial charge >= 0.3 is 0 Å². The van der Waals surface area contributed by atoms with Gasteiger partial charge in [-0.1, -0.05) is 30.3 Å². The maximum absolute atomic E-state index is 12.3. The molecule has 3 rings (SSSR count). The van der Waals surface area contributed by atoms with Gasteiger partial charge < -0.3 is 19.5 Å². The summed E-state index contributed by atoms with van der Waals surface area (Å²) < 4.78 is 17.0. The number of rotatable bonds is 6. The second kappa shape index (κ2) is 7.43. The van der Waals surface area contributed by atoms with E-state index in [1.807, 2.05) is 32.0 Å². The number of carbonyl (C=O) groups excluding carboxylic acids is 1. The lowest BCUT2D eigenvalue weighted by Gasteiger charge is -2.29. The first-order chi connectivity index (χ1) is 11.1. The lowest BCUT2D eigenvalue weighted by molar-refractivity contribution is -0.156. The van der Waals surface area contributed by atoms with E-state index in [0.717, 1.165) is 12.8 Å². The number of ether oxygens (including phenoxy) is 3. The van der Waals surface area contributed by atoms with Crippen molar-refractivity contribution in [3.63, 3.8) is 0 Å². The Morgan fingerprint density at radius 2 is 2.09 bits per heavy atom. The summed E-state index contributed by atoms with van der Waals surface area (Å²) in [5.41, 5.74) is 1.21. The van der Waals surface area contributed by atoms with Gasteiger partial charge in [0.15, 0.2) is 6.29 Å². The Morgan fingerprint density at radius 3 is 2.83 bits per heavy atom. The van der Waals surface area contributed by atoms with E-state index in [0.29, 0.717) is 13.0 Å². The molecule has 4 unspecified atom stereocenters. The maximum atomic E-state index is 12.3. The van der Waals surface area contributed by atoms with Crippen LogP contribution in [0.1, 0.15) is 32.3 Å². The SMILES string of the molecule is CC(Cc1ccccc1)NC(=O)C(C)OC1CC2CO[C@@H](C1)O2. The Kier molecular flexibility index (Phi) is 5.30. The molecule has 1 aromatic carbocycles. The molecule has 2 bridgehead atoms. The third-order valence-corrected chi connectivity index (χ3v) is 4.33. The molecule has 0 radical (unpaired) electrons. The molecule has 1 N–H and O–H groups in total. The third kappa shape index (κ3) is 4.53. The Labute approximate surface area is 137 Å². The van der Waals surface area contributed by atoms with Gasteiger partial charge in [-0.3, -0.25) is 4.79 Å². The summed E-state index contributed by atoms with van der Waals surface area (Å²) in [6.45, 7) is 4.46. The topological polar surface area (TPSA) is 56.8 Å². The molecule has 5 nitrogen and oxygen atoms in total. The van der Waals surface area contributed by atoms with Crippen LogP contribution in [-0.4, -0.2) is 43.2 Å². The van der Waals surface area contributed by atoms with Gasteiger partial charge in [-0.15, -0.1) is 0 Å². The molecular formula is C18H25NO4. The summed E-state index contributed by atoms with van der Waals surface area (Å²) in [6, 6.07) is 10.2. The summed E-state index contributed by atoms with van der Waals surface area (Å²) in [7, 11) is 0. The molecule has 23 heavy (non-hydrogen) atoms. The van der Waals surface area contributed by atoms with Crippen molar-refractivity contribution in [3.05, 3.63) is 35.9 Å². The van der Waals surface area contributed by atoms with E-state index >= 15 is 0 Å². The van der Waals surface area contributed by atoms with Gasteiger partial charge in [0.2, 0.25) is 5.91 Å². The molecular weight excluding hydrogens is 294 g/mol. The molecule has 2 heterocycles. The first-order valence-electron chi connectivity index (χ1n) is 8.37. The van der Waals surface area contributed by atoms with E-state index in [1.165, 1.54) is 5.56 Å². The quantitative estimate of drug-likeness (QED) is 0.872. The van der Waals surface area contributed by atoms with Crippen molar-refractivity contribution in [3.8, 4) is 0 Å². The second-order valence-electron chi connectivity index (χ2n) is 6.49. The number of fused-ring (bicyclic) bond motifs is 2. The predicted octanol–water partition coefficient (Wildman–Crippen LogP) is 2.04. The van der Waals surface area contributed by atoms with Crippen molar-refractivity contribution < 1.29 is 19.0 Å². The van der Waals surface area contributed by atoms with Crippen LogP contribution in [0, 0.1) is 0 Å². The monoisotopic (exact) mass is 319 g/mol. The van der Waals surface area contributed by atoms with Crippen LogP contribution in [0.15, 0.2) is 30.3 Å². The fraction of sp³-hybridized carbons (Fsp3) is 0.611. The average molecular weight is 319 g/mol. The highest BCUT2D eigenvalue weighted by Gasteiger charge is 2.37. The van der Waals surface area contributed by atoms with Gasteiger partial charge in [-0.25, -0.2) is 0 Å². The molecule has 0 aliphatic carbocycles. The van der Waals surface area contributed by atoms with Crippen LogP contribution in [0.5, 0.6) is 0 Å². The smallest absolute Gasteiger partial charge is 0.249 e. The van der Waals surface area contributed by atoms with E-state index in [9.17, 15) is 4.79 Å². The Bertz CT molecular complexity index is 509. The summed E-state index contributed by atoms with van der Waals surface area (Å²) in [6.07, 6.45) is 1.84. The van der Waals surface area contributed by atoms with Gasteiger partial charge in [-0.2, -0.15) is 0 Å². The van der Waals surface area contributed by atoms with Crippen molar-refractivity contribution in [1.82, 2.24) is 5.32 Å². The van der Waals surface area contributed by atoms with Gasteiger partial charge in [0.25, 0.3) is 0 Å². The minimum absolute atomic E-state index is 0.0337. The van der Waals surface area contributed by atoms with Gasteiger partial charge in [0, 0.05) is 18.9 Å². The maximum Gasteiger partial charge on any atom is 0.249 e. The van der Waals surface area contributed by atoms with Crippen molar-refractivity contribution in [2.75, 3.05) is 6.61 Å². The zero-order chi connectivity index (χ0) is 16.2. The largest absolute Gasteiger partial charge is 0.365 e. The molecule has 0 spiro atoms. The van der Waals surface area contributed by atoms with E-state index in [4.69, 9.17) is 14.2 Å². The van der Waals surface area contributed by atoms with E-state index in [2.05, 4.69) is 17.4 Å². The summed E-state index contributed by atoms with van der Waals surface area (Å²) in [4.78, 5) is 12.3. The summed E-state index contributed by atoms with van der Waals surface area (Å²) >= 11 is 0. The first-order valence-corrected chi connectivity index (χ1v) is 8.37. The molecule has 5 heteroatoms. The van der Waals surface area contributed by atoms with Crippen molar-refractivity contribution in [2.45, 2.75) is 63.8 Å². The Balaban J connectivity index is 1.44. The van der Waals surface area contributed by atoms with Crippen LogP contribution in [-0.2, 0) is 25.4 Å². The van der Waals surface area contributed by atoms with Gasteiger partial charge in [0.1, 0.15) is 6.10 Å². The number of hydrogen-bond acceptors (Lipinski definition) is 4. The second-order valence-corrected chi connectivity index (χ2v) is 6.49. The molecule has 1 amide bonds. The van der Waals surface area contributed by atoms with E-state index in [1.54, 1.807) is 0 Å². The number of benzene rings is 1. The molecule has 2 aliphatic rings. The fourth-order valence-electron chi connectivity index (χ4n) is 3.20. The third-order valence-electron chi connectivity index (χ3n) is 4.33. The van der Waals surface area contributed by atoms with Crippen LogP contribution >= 0.6 is 0 Å². The zero-order valence-corrected chi connectivity index (χ0v) is 13.7. The van der Waals surface area contributed by atoms with Crippen molar-refractivity contribution >= 4 is 5.91 Å². The molecule has 2 aliphatic heterocycles. The number of carbonyl (C=O) groups is 1. The normalized spacial score (nSPS) is 29.0. The molecule has 126 valence electrons. The molecule has 5 atom stereocenters. The Morgan fingerprint density at radius 1 is 1.30 bits per heavy atom. The Hall–Kier alpha value is -1.43. The summed E-state index contributed by atoms with van der Waals surface area (Å²) in [5, 5.41) is 3.03. The fourth-order valence-corrected chi connectivity index (χ4v) is 3.20. The van der Waals surface area contributed by atoms with Gasteiger partial charge in [0.05, 0.1) is 18.8 Å². The molecule has 0 saturated carbocycles. The van der Waals surface area contributed by atoms with Crippen LogP contribution in [0.4, 0.5) is 0 Å². The lowest BCUT2D eigenvalue weighted by Crippen LogP contribution is -2.43. The number of nitrogens with one attached hydrogen (secondary N) is 1. The van der Waals surface area contributed by atoms with Crippen molar-refractivity contribution in [1.29, 1.82) is 0 Å². The van der Waals surface area contributed by atoms with Crippen LogP contribution in [0.3, 0.4) is 0 Å². The molecule has 2 saturated heterocycles. The van der Waals surface area contributed by atoms with E-state index < -0.39 is 6.10 Å². The number of amides is 1.